The van der Waals surface area contributed by atoms with Crippen molar-refractivity contribution in [2.24, 2.45) is 0 Å². The second kappa shape index (κ2) is 8.96. The van der Waals surface area contributed by atoms with Crippen LogP contribution in [-0.2, 0) is 9.53 Å². The van der Waals surface area contributed by atoms with Crippen molar-refractivity contribution < 1.29 is 14.3 Å². The molecule has 2 rings (SSSR count). The Bertz CT molecular complexity index is 676. The van der Waals surface area contributed by atoms with Gasteiger partial charge in [-0.2, -0.15) is 0 Å². The van der Waals surface area contributed by atoms with Gasteiger partial charge in [-0.1, -0.05) is 19.9 Å². The first-order chi connectivity index (χ1) is 11.6. The molecule has 0 aliphatic heterocycles. The molecule has 0 fully saturated rings. The average Bonchev–Trinajstić information content (AvgIpc) is 3.21. The molecule has 0 aromatic carbocycles. The molecule has 0 aliphatic carbocycles. The molecule has 2 aromatic rings. The van der Waals surface area contributed by atoms with Gasteiger partial charge in [-0.3, -0.25) is 9.69 Å². The van der Waals surface area contributed by atoms with E-state index in [-0.39, 0.29) is 5.91 Å². The third-order valence-corrected chi connectivity index (χ3v) is 5.37. The number of nitrogens with one attached hydrogen (secondary N) is 1. The Labute approximate surface area is 150 Å². The summed E-state index contributed by atoms with van der Waals surface area (Å²) in [5.74, 6) is -0.524. The Morgan fingerprint density at radius 2 is 1.96 bits per heavy atom. The van der Waals surface area contributed by atoms with Gasteiger partial charge in [0.2, 0.25) is 5.91 Å². The van der Waals surface area contributed by atoms with E-state index in [1.807, 2.05) is 41.6 Å². The van der Waals surface area contributed by atoms with Gasteiger partial charge in [-0.15, -0.1) is 22.7 Å². The van der Waals surface area contributed by atoms with Gasteiger partial charge in [-0.05, 0) is 31.5 Å². The number of esters is 1. The summed E-state index contributed by atoms with van der Waals surface area (Å²) in [5, 5.41) is 7.28. The molecule has 0 unspecified atom stereocenters. The second-order valence-corrected chi connectivity index (χ2v) is 6.89. The minimum absolute atomic E-state index is 0.121. The third kappa shape index (κ3) is 4.43. The number of anilines is 1. The van der Waals surface area contributed by atoms with E-state index in [4.69, 9.17) is 4.74 Å². The highest BCUT2D eigenvalue weighted by molar-refractivity contribution is 7.17. The molecule has 1 amide bonds. The Morgan fingerprint density at radius 3 is 2.54 bits per heavy atom. The monoisotopic (exact) mass is 366 g/mol. The number of amides is 1. The SMILES string of the molecule is CCOC(=O)c1c(-c2cccs2)csc1NC(=O)CN(CC)CC. The summed E-state index contributed by atoms with van der Waals surface area (Å²) in [6.07, 6.45) is 0. The zero-order valence-electron chi connectivity index (χ0n) is 14.1. The van der Waals surface area contributed by atoms with E-state index in [0.717, 1.165) is 23.5 Å². The molecule has 0 atom stereocenters. The molecular weight excluding hydrogens is 344 g/mol. The molecule has 7 heteroatoms. The zero-order chi connectivity index (χ0) is 17.5. The Kier molecular flexibility index (Phi) is 6.96. The highest BCUT2D eigenvalue weighted by atomic mass is 32.1. The first-order valence-corrected chi connectivity index (χ1v) is 9.71. The van der Waals surface area contributed by atoms with E-state index in [1.165, 1.54) is 11.3 Å². The number of carbonyl (C=O) groups excluding carboxylic acids is 2. The van der Waals surface area contributed by atoms with Crippen molar-refractivity contribution in [2.75, 3.05) is 31.6 Å². The molecule has 0 radical (unpaired) electrons. The maximum Gasteiger partial charge on any atom is 0.341 e. The van der Waals surface area contributed by atoms with Crippen LogP contribution in [0.15, 0.2) is 22.9 Å². The van der Waals surface area contributed by atoms with Crippen molar-refractivity contribution in [3.8, 4) is 10.4 Å². The summed E-state index contributed by atoms with van der Waals surface area (Å²) >= 11 is 2.91. The van der Waals surface area contributed by atoms with Crippen LogP contribution >= 0.6 is 22.7 Å². The molecule has 130 valence electrons. The van der Waals surface area contributed by atoms with E-state index in [2.05, 4.69) is 5.32 Å². The predicted octanol–water partition coefficient (Wildman–Crippen LogP) is 3.93. The summed E-state index contributed by atoms with van der Waals surface area (Å²) in [4.78, 5) is 27.7. The second-order valence-electron chi connectivity index (χ2n) is 5.06. The number of hydrogen-bond acceptors (Lipinski definition) is 6. The lowest BCUT2D eigenvalue weighted by molar-refractivity contribution is -0.117. The van der Waals surface area contributed by atoms with E-state index in [9.17, 15) is 9.59 Å². The molecule has 2 aromatic heterocycles. The average molecular weight is 367 g/mol. The molecule has 0 saturated heterocycles. The summed E-state index contributed by atoms with van der Waals surface area (Å²) < 4.78 is 5.18. The Hall–Kier alpha value is -1.70. The fourth-order valence-corrected chi connectivity index (χ4v) is 4.07. The molecule has 0 saturated carbocycles. The van der Waals surface area contributed by atoms with Crippen LogP contribution in [0.1, 0.15) is 31.1 Å². The number of carbonyl (C=O) groups is 2. The van der Waals surface area contributed by atoms with Crippen LogP contribution in [0, 0.1) is 0 Å². The number of ether oxygens (including phenoxy) is 1. The van der Waals surface area contributed by atoms with Crippen LogP contribution in [0.5, 0.6) is 0 Å². The van der Waals surface area contributed by atoms with Gasteiger partial charge in [-0.25, -0.2) is 4.79 Å². The lowest BCUT2D eigenvalue weighted by atomic mass is 10.1. The molecule has 0 bridgehead atoms. The van der Waals surface area contributed by atoms with Crippen LogP contribution in [0.4, 0.5) is 5.00 Å². The molecular formula is C17H22N2O3S2. The lowest BCUT2D eigenvalue weighted by Gasteiger charge is -2.17. The highest BCUT2D eigenvalue weighted by Gasteiger charge is 2.23. The quantitative estimate of drug-likeness (QED) is 0.719. The zero-order valence-corrected chi connectivity index (χ0v) is 15.8. The van der Waals surface area contributed by atoms with Crippen molar-refractivity contribution in [3.63, 3.8) is 0 Å². The number of rotatable bonds is 8. The molecule has 0 aliphatic rings. The lowest BCUT2D eigenvalue weighted by Crippen LogP contribution is -2.33. The van der Waals surface area contributed by atoms with Gasteiger partial charge >= 0.3 is 5.97 Å². The number of thiophene rings is 2. The fraction of sp³-hybridized carbons (Fsp3) is 0.412. The van der Waals surface area contributed by atoms with Crippen molar-refractivity contribution in [1.82, 2.24) is 4.90 Å². The minimum atomic E-state index is -0.403. The highest BCUT2D eigenvalue weighted by Crippen LogP contribution is 2.38. The topological polar surface area (TPSA) is 58.6 Å². The normalized spacial score (nSPS) is 10.8. The molecule has 2 heterocycles. The summed E-state index contributed by atoms with van der Waals surface area (Å²) in [6, 6.07) is 3.89. The smallest absolute Gasteiger partial charge is 0.341 e. The summed E-state index contributed by atoms with van der Waals surface area (Å²) in [6.45, 7) is 8.02. The largest absolute Gasteiger partial charge is 0.462 e. The van der Waals surface area contributed by atoms with Gasteiger partial charge in [0, 0.05) is 15.8 Å². The van der Waals surface area contributed by atoms with Crippen molar-refractivity contribution in [2.45, 2.75) is 20.8 Å². The number of hydrogen-bond donors (Lipinski definition) is 1. The molecule has 24 heavy (non-hydrogen) atoms. The number of likely N-dealkylation sites (N-methyl/N-ethyl adjacent to an activating group) is 1. The van der Waals surface area contributed by atoms with Crippen molar-refractivity contribution in [3.05, 3.63) is 28.5 Å². The maximum atomic E-state index is 12.4. The standard InChI is InChI=1S/C17H22N2O3S2/c1-4-19(5-2)10-14(20)18-16-15(17(21)22-6-3)12(11-24-16)13-8-7-9-23-13/h7-9,11H,4-6,10H2,1-3H3,(H,18,20). The van der Waals surface area contributed by atoms with Gasteiger partial charge < -0.3 is 10.1 Å². The van der Waals surface area contributed by atoms with Crippen LogP contribution < -0.4 is 5.32 Å². The summed E-state index contributed by atoms with van der Waals surface area (Å²) in [7, 11) is 0. The van der Waals surface area contributed by atoms with E-state index < -0.39 is 5.97 Å². The van der Waals surface area contributed by atoms with Crippen LogP contribution in [0.25, 0.3) is 10.4 Å². The van der Waals surface area contributed by atoms with Crippen LogP contribution in [0.2, 0.25) is 0 Å². The van der Waals surface area contributed by atoms with Crippen LogP contribution in [-0.4, -0.2) is 43.0 Å². The van der Waals surface area contributed by atoms with E-state index in [1.54, 1.807) is 18.3 Å². The number of nitrogens with zero attached hydrogens (tertiary/aromatic N) is 1. The maximum absolute atomic E-state index is 12.4. The molecule has 1 N–H and O–H groups in total. The van der Waals surface area contributed by atoms with Gasteiger partial charge in [0.15, 0.2) is 0 Å². The minimum Gasteiger partial charge on any atom is -0.462 e. The summed E-state index contributed by atoms with van der Waals surface area (Å²) in [5.41, 5.74) is 1.25. The van der Waals surface area contributed by atoms with E-state index >= 15 is 0 Å². The van der Waals surface area contributed by atoms with Crippen molar-refractivity contribution >= 4 is 39.6 Å². The Morgan fingerprint density at radius 1 is 1.21 bits per heavy atom. The molecule has 0 spiro atoms. The predicted molar refractivity (Wildman–Crippen MR) is 100 cm³/mol. The van der Waals surface area contributed by atoms with Crippen LogP contribution in [0.3, 0.4) is 0 Å². The first kappa shape index (κ1) is 18.6. The Balaban J connectivity index is 2.26. The first-order valence-electron chi connectivity index (χ1n) is 7.95. The van der Waals surface area contributed by atoms with E-state index in [0.29, 0.717) is 23.7 Å². The van der Waals surface area contributed by atoms with Crippen molar-refractivity contribution in [1.29, 1.82) is 0 Å². The van der Waals surface area contributed by atoms with Gasteiger partial charge in [0.25, 0.3) is 0 Å². The third-order valence-electron chi connectivity index (χ3n) is 3.57. The fourth-order valence-electron chi connectivity index (χ4n) is 2.29. The van der Waals surface area contributed by atoms with Gasteiger partial charge in [0.05, 0.1) is 13.2 Å². The molecule has 5 nitrogen and oxygen atoms in total. The van der Waals surface area contributed by atoms with Gasteiger partial charge in [0.1, 0.15) is 10.6 Å².